The Balaban J connectivity index is 0.000000186. The molecule has 200 valence electrons. The van der Waals surface area contributed by atoms with Crippen molar-refractivity contribution in [1.82, 2.24) is 15.3 Å². The van der Waals surface area contributed by atoms with E-state index in [0.29, 0.717) is 21.7 Å². The molecule has 0 bridgehead atoms. The number of aromatic carboxylic acids is 1. The number of hydrogen-bond acceptors (Lipinski definition) is 6. The zero-order chi connectivity index (χ0) is 27.6. The largest absolute Gasteiger partial charge is 0.478 e. The number of benzene rings is 2. The van der Waals surface area contributed by atoms with E-state index in [4.69, 9.17) is 34.0 Å². The first-order chi connectivity index (χ1) is 18.0. The Morgan fingerprint density at radius 2 is 1.61 bits per heavy atom. The molecule has 0 unspecified atom stereocenters. The summed E-state index contributed by atoms with van der Waals surface area (Å²) in [6, 6.07) is 5.81. The van der Waals surface area contributed by atoms with Gasteiger partial charge in [-0.15, -0.1) is 0 Å². The molecule has 1 saturated carbocycles. The summed E-state index contributed by atoms with van der Waals surface area (Å²) in [5, 5.41) is 34.3. The monoisotopic (exact) mass is 561 g/mol. The number of aliphatic hydroxyl groups is 1. The molecule has 11 nitrogen and oxygen atoms in total. The second-order valence-corrected chi connectivity index (χ2v) is 9.90. The molecular formula is C25H25Cl2N5O6. The van der Waals surface area contributed by atoms with E-state index in [2.05, 4.69) is 15.3 Å². The van der Waals surface area contributed by atoms with E-state index < -0.39 is 16.5 Å². The van der Waals surface area contributed by atoms with E-state index in [1.165, 1.54) is 12.3 Å². The number of aromatic amines is 2. The Bertz CT molecular complexity index is 1540. The van der Waals surface area contributed by atoms with Gasteiger partial charge in [0.05, 0.1) is 42.9 Å². The molecule has 1 fully saturated rings. The summed E-state index contributed by atoms with van der Waals surface area (Å²) in [4.78, 5) is 39.0. The SMILES string of the molecule is Nc1cc(C(=O)NCC2(O)CCCCC2)c(Cl)c2cc[nH]c12.O=C(O)c1cc([N+](=O)[O-])c2[nH]ccc2c1Cl. The lowest BCUT2D eigenvalue weighted by Crippen LogP contribution is -2.44. The van der Waals surface area contributed by atoms with Gasteiger partial charge in [0.15, 0.2) is 0 Å². The molecule has 0 saturated heterocycles. The molecule has 7 N–H and O–H groups in total. The number of halogens is 2. The van der Waals surface area contributed by atoms with Crippen molar-refractivity contribution in [2.45, 2.75) is 37.7 Å². The minimum atomic E-state index is -1.30. The van der Waals surface area contributed by atoms with Crippen LogP contribution in [0.5, 0.6) is 0 Å². The number of nitrogens with one attached hydrogen (secondary N) is 3. The normalized spacial score (nSPS) is 14.6. The van der Waals surface area contributed by atoms with Crippen LogP contribution in [0.15, 0.2) is 36.7 Å². The summed E-state index contributed by atoms with van der Waals surface area (Å²) < 4.78 is 0. The first kappa shape index (κ1) is 27.2. The Hall–Kier alpha value is -3.80. The topological polar surface area (TPSA) is 187 Å². The van der Waals surface area contributed by atoms with Crippen molar-refractivity contribution in [2.75, 3.05) is 12.3 Å². The van der Waals surface area contributed by atoms with Crippen LogP contribution in [0.4, 0.5) is 11.4 Å². The molecular weight excluding hydrogens is 537 g/mol. The van der Waals surface area contributed by atoms with Crippen molar-refractivity contribution in [3.8, 4) is 0 Å². The van der Waals surface area contributed by atoms with Gasteiger partial charge in [-0.2, -0.15) is 0 Å². The van der Waals surface area contributed by atoms with Crippen LogP contribution in [-0.2, 0) is 0 Å². The number of amides is 1. The minimum absolute atomic E-state index is 0.00523. The number of nitro groups is 1. The summed E-state index contributed by atoms with van der Waals surface area (Å²) >= 11 is 12.1. The Labute approximate surface area is 226 Å². The predicted molar refractivity (Wildman–Crippen MR) is 145 cm³/mol. The van der Waals surface area contributed by atoms with Gasteiger partial charge < -0.3 is 31.2 Å². The van der Waals surface area contributed by atoms with Crippen LogP contribution >= 0.6 is 23.2 Å². The molecule has 13 heteroatoms. The number of hydrogen-bond donors (Lipinski definition) is 6. The van der Waals surface area contributed by atoms with Gasteiger partial charge in [0.1, 0.15) is 5.52 Å². The lowest BCUT2D eigenvalue weighted by atomic mass is 9.85. The molecule has 0 spiro atoms. The number of carbonyl (C=O) groups excluding carboxylic acids is 1. The van der Waals surface area contributed by atoms with Crippen LogP contribution < -0.4 is 11.1 Å². The van der Waals surface area contributed by atoms with E-state index in [9.17, 15) is 24.8 Å². The number of nitro benzene ring substituents is 1. The Kier molecular flexibility index (Phi) is 7.81. The fourth-order valence-electron chi connectivity index (χ4n) is 4.60. The molecule has 1 aliphatic carbocycles. The van der Waals surface area contributed by atoms with Gasteiger partial charge in [0, 0.05) is 35.8 Å². The Morgan fingerprint density at radius 3 is 2.21 bits per heavy atom. The maximum Gasteiger partial charge on any atom is 0.337 e. The average molecular weight is 562 g/mol. The van der Waals surface area contributed by atoms with Gasteiger partial charge in [0.2, 0.25) is 0 Å². The van der Waals surface area contributed by atoms with Crippen molar-refractivity contribution in [3.05, 3.63) is 67.9 Å². The van der Waals surface area contributed by atoms with E-state index in [0.717, 1.165) is 49.1 Å². The van der Waals surface area contributed by atoms with Crippen LogP contribution in [0, 0.1) is 10.1 Å². The molecule has 38 heavy (non-hydrogen) atoms. The van der Waals surface area contributed by atoms with Crippen molar-refractivity contribution in [1.29, 1.82) is 0 Å². The number of carbonyl (C=O) groups is 2. The van der Waals surface area contributed by atoms with Crippen molar-refractivity contribution in [2.24, 2.45) is 0 Å². The molecule has 4 aromatic rings. The summed E-state index contributed by atoms with van der Waals surface area (Å²) in [5.41, 5.74) is 6.34. The number of nitrogens with two attached hydrogens (primary N) is 1. The van der Waals surface area contributed by atoms with Crippen LogP contribution in [0.2, 0.25) is 10.0 Å². The number of nitrogens with zero attached hydrogens (tertiary/aromatic N) is 1. The quantitative estimate of drug-likeness (QED) is 0.109. The zero-order valence-electron chi connectivity index (χ0n) is 20.0. The van der Waals surface area contributed by atoms with Crippen LogP contribution in [-0.4, -0.2) is 49.1 Å². The molecule has 1 amide bonds. The van der Waals surface area contributed by atoms with Crippen molar-refractivity contribution < 1.29 is 24.7 Å². The molecule has 0 aliphatic heterocycles. The van der Waals surface area contributed by atoms with E-state index >= 15 is 0 Å². The predicted octanol–water partition coefficient (Wildman–Crippen LogP) is 5.26. The van der Waals surface area contributed by atoms with Crippen molar-refractivity contribution in [3.63, 3.8) is 0 Å². The standard InChI is InChI=1S/C16H20ClN3O2.C9H5ClN2O4/c17-13-10-4-7-19-14(10)12(18)8-11(13)15(21)20-9-16(22)5-2-1-3-6-16;10-7-4-1-2-11-8(4)6(12(15)16)3-5(7)9(13)14/h4,7-8,19,22H,1-3,5-6,9,18H2,(H,20,21);1-3,11H,(H,13,14). The number of carboxylic acids is 1. The first-order valence-electron chi connectivity index (χ1n) is 11.8. The number of fused-ring (bicyclic) bond motifs is 2. The summed E-state index contributed by atoms with van der Waals surface area (Å²) in [6.07, 6.45) is 7.78. The molecule has 1 aliphatic rings. The third kappa shape index (κ3) is 5.40. The highest BCUT2D eigenvalue weighted by molar-refractivity contribution is 6.39. The zero-order valence-corrected chi connectivity index (χ0v) is 21.5. The minimum Gasteiger partial charge on any atom is -0.478 e. The maximum absolute atomic E-state index is 12.4. The third-order valence-corrected chi connectivity index (χ3v) is 7.41. The van der Waals surface area contributed by atoms with Crippen LogP contribution in [0.25, 0.3) is 21.8 Å². The number of carboxylic acid groups (broad SMARTS) is 1. The number of aromatic nitrogens is 2. The van der Waals surface area contributed by atoms with Crippen molar-refractivity contribution >= 4 is 68.3 Å². The highest BCUT2D eigenvalue weighted by Crippen LogP contribution is 2.34. The van der Waals surface area contributed by atoms with Crippen LogP contribution in [0.1, 0.15) is 52.8 Å². The molecule has 0 radical (unpaired) electrons. The highest BCUT2D eigenvalue weighted by Gasteiger charge is 2.30. The number of H-pyrrole nitrogens is 2. The number of rotatable bonds is 5. The van der Waals surface area contributed by atoms with E-state index in [1.807, 2.05) is 0 Å². The summed E-state index contributed by atoms with van der Waals surface area (Å²) in [6.45, 7) is 0.243. The van der Waals surface area contributed by atoms with Gasteiger partial charge in [-0.1, -0.05) is 42.5 Å². The first-order valence-corrected chi connectivity index (χ1v) is 12.5. The van der Waals surface area contributed by atoms with E-state index in [-0.39, 0.29) is 34.2 Å². The molecule has 5 rings (SSSR count). The number of anilines is 1. The molecule has 2 aromatic heterocycles. The lowest BCUT2D eigenvalue weighted by molar-refractivity contribution is -0.383. The molecule has 2 heterocycles. The van der Waals surface area contributed by atoms with E-state index in [1.54, 1.807) is 18.3 Å². The molecule has 2 aromatic carbocycles. The van der Waals surface area contributed by atoms with Gasteiger partial charge >= 0.3 is 5.97 Å². The van der Waals surface area contributed by atoms with Gasteiger partial charge in [0.25, 0.3) is 11.6 Å². The Morgan fingerprint density at radius 1 is 1.03 bits per heavy atom. The van der Waals surface area contributed by atoms with Crippen LogP contribution in [0.3, 0.4) is 0 Å². The average Bonchev–Trinajstić information content (AvgIpc) is 3.57. The fraction of sp³-hybridized carbons (Fsp3) is 0.280. The second kappa shape index (κ2) is 10.9. The highest BCUT2D eigenvalue weighted by atomic mass is 35.5. The maximum atomic E-state index is 12.4. The van der Waals surface area contributed by atoms with Gasteiger partial charge in [-0.3, -0.25) is 14.9 Å². The number of non-ortho nitro benzene ring substituents is 1. The van der Waals surface area contributed by atoms with Gasteiger partial charge in [-0.05, 0) is 31.0 Å². The summed E-state index contributed by atoms with van der Waals surface area (Å²) in [5.74, 6) is -1.60. The second-order valence-electron chi connectivity index (χ2n) is 9.15. The lowest BCUT2D eigenvalue weighted by Gasteiger charge is -2.32. The summed E-state index contributed by atoms with van der Waals surface area (Å²) in [7, 11) is 0. The smallest absolute Gasteiger partial charge is 0.337 e. The third-order valence-electron chi connectivity index (χ3n) is 6.60. The molecule has 0 atom stereocenters. The van der Waals surface area contributed by atoms with Gasteiger partial charge in [-0.25, -0.2) is 4.79 Å². The fourth-order valence-corrected chi connectivity index (χ4v) is 5.19. The number of nitrogen functional groups attached to an aromatic ring is 1.